The van der Waals surface area contributed by atoms with Gasteiger partial charge in [-0.05, 0) is 41.8 Å². The molecule has 0 spiro atoms. The lowest BCUT2D eigenvalue weighted by Gasteiger charge is -2.24. The summed E-state index contributed by atoms with van der Waals surface area (Å²) in [7, 11) is 0. The average Bonchev–Trinajstić information content (AvgIpc) is 3.03. The Balaban J connectivity index is 1.67. The van der Waals surface area contributed by atoms with Gasteiger partial charge in [0.25, 0.3) is 11.5 Å². The molecule has 38 heavy (non-hydrogen) atoms. The lowest BCUT2D eigenvalue weighted by molar-refractivity contribution is -0.143. The number of hydrogen-bond acceptors (Lipinski definition) is 3. The fraction of sp³-hybridized carbons (Fsp3) is 0.222. The van der Waals surface area contributed by atoms with Gasteiger partial charge in [-0.3, -0.25) is 14.6 Å². The summed E-state index contributed by atoms with van der Waals surface area (Å²) in [4.78, 5) is 32.6. The van der Waals surface area contributed by atoms with Crippen LogP contribution in [0.1, 0.15) is 33.6 Å². The van der Waals surface area contributed by atoms with Crippen LogP contribution in [0.4, 0.5) is 26.3 Å². The highest BCUT2D eigenvalue weighted by atomic mass is 19.4. The molecular formula is C27H19F6N3O2. The standard InChI is InChI=1S/C27H19F6N3O2/c28-26(29,30)18-12-16(13-19(14-18)27(31,32)33)15-35-10-5-11-36-23(25(35)38)21(17-6-2-1-3-7-17)20-8-4-9-34-22(20)24(36)37/h1-4,6-9,12-14H,5,10-11,15H2. The van der Waals surface area contributed by atoms with Gasteiger partial charge in [-0.15, -0.1) is 0 Å². The quantitative estimate of drug-likeness (QED) is 0.298. The first-order valence-corrected chi connectivity index (χ1v) is 11.6. The van der Waals surface area contributed by atoms with Gasteiger partial charge in [-0.1, -0.05) is 36.4 Å². The van der Waals surface area contributed by atoms with E-state index < -0.39 is 41.5 Å². The van der Waals surface area contributed by atoms with E-state index in [0.29, 0.717) is 28.6 Å². The number of carbonyl (C=O) groups excluding carboxylic acids is 1. The van der Waals surface area contributed by atoms with Crippen molar-refractivity contribution < 1.29 is 31.1 Å². The van der Waals surface area contributed by atoms with Crippen LogP contribution in [0, 0.1) is 0 Å². The highest BCUT2D eigenvalue weighted by molar-refractivity contribution is 6.07. The molecule has 1 aliphatic rings. The van der Waals surface area contributed by atoms with Crippen molar-refractivity contribution in [3.63, 3.8) is 0 Å². The number of nitrogens with zero attached hydrogens (tertiary/aromatic N) is 3. The Morgan fingerprint density at radius 3 is 2.11 bits per heavy atom. The minimum atomic E-state index is -5.01. The molecule has 4 aromatic rings. The van der Waals surface area contributed by atoms with E-state index in [2.05, 4.69) is 4.98 Å². The maximum atomic E-state index is 13.9. The van der Waals surface area contributed by atoms with Gasteiger partial charge in [0.15, 0.2) is 0 Å². The van der Waals surface area contributed by atoms with Crippen LogP contribution in [0.3, 0.4) is 0 Å². The van der Waals surface area contributed by atoms with Gasteiger partial charge < -0.3 is 9.47 Å². The molecule has 0 N–H and O–H groups in total. The number of benzene rings is 2. The SMILES string of the molecule is O=C1c2c(-c3ccccc3)c3cccnc3c(=O)n2CCCN1Cc1cc(C(F)(F)F)cc(C(F)(F)F)c1. The van der Waals surface area contributed by atoms with E-state index in [-0.39, 0.29) is 42.4 Å². The first-order chi connectivity index (χ1) is 17.9. The number of rotatable bonds is 3. The van der Waals surface area contributed by atoms with Gasteiger partial charge in [-0.25, -0.2) is 0 Å². The van der Waals surface area contributed by atoms with Crippen LogP contribution in [-0.4, -0.2) is 26.9 Å². The van der Waals surface area contributed by atoms with Crippen molar-refractivity contribution in [3.8, 4) is 11.1 Å². The number of pyridine rings is 2. The van der Waals surface area contributed by atoms with Crippen LogP contribution in [0.5, 0.6) is 0 Å². The summed E-state index contributed by atoms with van der Waals surface area (Å²) < 4.78 is 81.7. The zero-order valence-corrected chi connectivity index (χ0v) is 19.6. The average molecular weight is 531 g/mol. The van der Waals surface area contributed by atoms with Crippen LogP contribution < -0.4 is 5.56 Å². The highest BCUT2D eigenvalue weighted by Gasteiger charge is 2.37. The van der Waals surface area contributed by atoms with Crippen LogP contribution in [0.25, 0.3) is 22.0 Å². The number of fused-ring (bicyclic) bond motifs is 2. The lowest BCUT2D eigenvalue weighted by atomic mass is 9.98. The number of hydrogen-bond donors (Lipinski definition) is 0. The summed E-state index contributed by atoms with van der Waals surface area (Å²) in [6, 6.07) is 13.3. The van der Waals surface area contributed by atoms with Crippen LogP contribution in [0.15, 0.2) is 71.7 Å². The Hall–Kier alpha value is -4.15. The van der Waals surface area contributed by atoms with Crippen LogP contribution in [0.2, 0.25) is 0 Å². The van der Waals surface area contributed by atoms with Gasteiger partial charge >= 0.3 is 12.4 Å². The topological polar surface area (TPSA) is 55.2 Å². The molecule has 3 heterocycles. The molecule has 11 heteroatoms. The largest absolute Gasteiger partial charge is 0.416 e. The molecule has 1 amide bonds. The van der Waals surface area contributed by atoms with Crippen LogP contribution >= 0.6 is 0 Å². The van der Waals surface area contributed by atoms with Crippen molar-refractivity contribution in [2.24, 2.45) is 0 Å². The molecule has 1 aliphatic heterocycles. The molecule has 5 nitrogen and oxygen atoms in total. The molecule has 196 valence electrons. The molecule has 5 rings (SSSR count). The molecule has 0 unspecified atom stereocenters. The molecule has 2 aromatic carbocycles. The summed E-state index contributed by atoms with van der Waals surface area (Å²) >= 11 is 0. The first-order valence-electron chi connectivity index (χ1n) is 11.6. The van der Waals surface area contributed by atoms with Crippen molar-refractivity contribution in [1.82, 2.24) is 14.5 Å². The van der Waals surface area contributed by atoms with E-state index in [0.717, 1.165) is 0 Å². The molecule has 0 radical (unpaired) electrons. The number of aromatic nitrogens is 2. The summed E-state index contributed by atoms with van der Waals surface area (Å²) in [5.41, 5.74) is -2.52. The van der Waals surface area contributed by atoms with Gasteiger partial charge in [0.1, 0.15) is 11.2 Å². The van der Waals surface area contributed by atoms with E-state index in [4.69, 9.17) is 0 Å². The molecule has 0 fully saturated rings. The molecule has 0 atom stereocenters. The summed E-state index contributed by atoms with van der Waals surface area (Å²) in [6.07, 6.45) is -8.30. The maximum absolute atomic E-state index is 13.9. The van der Waals surface area contributed by atoms with Crippen molar-refractivity contribution in [2.75, 3.05) is 6.54 Å². The number of alkyl halides is 6. The summed E-state index contributed by atoms with van der Waals surface area (Å²) in [5, 5.41) is 0.420. The highest BCUT2D eigenvalue weighted by Crippen LogP contribution is 2.37. The van der Waals surface area contributed by atoms with E-state index in [1.807, 2.05) is 0 Å². The number of halogens is 6. The van der Waals surface area contributed by atoms with E-state index in [9.17, 15) is 35.9 Å². The molecule has 0 saturated heterocycles. The summed E-state index contributed by atoms with van der Waals surface area (Å²) in [5.74, 6) is -0.671. The zero-order chi connectivity index (χ0) is 27.2. The third-order valence-electron chi connectivity index (χ3n) is 6.41. The normalized spacial score (nSPS) is 14.5. The smallest absolute Gasteiger partial charge is 0.333 e. The Bertz CT molecular complexity index is 1560. The second-order valence-electron chi connectivity index (χ2n) is 8.94. The minimum absolute atomic E-state index is 0.0159. The predicted octanol–water partition coefficient (Wildman–Crippen LogP) is 6.15. The Morgan fingerprint density at radius 1 is 0.816 bits per heavy atom. The van der Waals surface area contributed by atoms with Gasteiger partial charge in [0, 0.05) is 36.8 Å². The molecule has 0 bridgehead atoms. The Labute approximate surface area is 212 Å². The third-order valence-corrected chi connectivity index (χ3v) is 6.41. The second-order valence-corrected chi connectivity index (χ2v) is 8.94. The molecule has 0 aliphatic carbocycles. The fourth-order valence-corrected chi connectivity index (χ4v) is 4.75. The summed E-state index contributed by atoms with van der Waals surface area (Å²) in [6.45, 7) is -0.353. The van der Waals surface area contributed by atoms with E-state index in [1.165, 1.54) is 15.7 Å². The first kappa shape index (κ1) is 25.5. The molecule has 0 saturated carbocycles. The monoisotopic (exact) mass is 531 g/mol. The van der Waals surface area contributed by atoms with Crippen molar-refractivity contribution in [1.29, 1.82) is 0 Å². The van der Waals surface area contributed by atoms with Crippen molar-refractivity contribution in [3.05, 3.63) is 99.6 Å². The number of carbonyl (C=O) groups is 1. The van der Waals surface area contributed by atoms with Crippen molar-refractivity contribution in [2.45, 2.75) is 31.9 Å². The minimum Gasteiger partial charge on any atom is -0.333 e. The van der Waals surface area contributed by atoms with E-state index in [1.54, 1.807) is 42.5 Å². The fourth-order valence-electron chi connectivity index (χ4n) is 4.75. The molecule has 2 aromatic heterocycles. The predicted molar refractivity (Wildman–Crippen MR) is 127 cm³/mol. The third kappa shape index (κ3) is 4.64. The van der Waals surface area contributed by atoms with Gasteiger partial charge in [0.2, 0.25) is 0 Å². The van der Waals surface area contributed by atoms with E-state index >= 15 is 0 Å². The van der Waals surface area contributed by atoms with Crippen molar-refractivity contribution >= 4 is 16.8 Å². The van der Waals surface area contributed by atoms with Gasteiger partial charge in [-0.2, -0.15) is 26.3 Å². The number of amides is 1. The Morgan fingerprint density at radius 2 is 1.47 bits per heavy atom. The Kier molecular flexibility index (Phi) is 6.24. The molecular weight excluding hydrogens is 512 g/mol. The lowest BCUT2D eigenvalue weighted by Crippen LogP contribution is -2.34. The van der Waals surface area contributed by atoms with Crippen LogP contribution in [-0.2, 0) is 25.4 Å². The van der Waals surface area contributed by atoms with Gasteiger partial charge in [0.05, 0.1) is 11.1 Å². The maximum Gasteiger partial charge on any atom is 0.416 e. The second kappa shape index (κ2) is 9.30. The zero-order valence-electron chi connectivity index (χ0n) is 19.6.